The van der Waals surface area contributed by atoms with Crippen LogP contribution < -0.4 is 5.32 Å². The summed E-state index contributed by atoms with van der Waals surface area (Å²) in [5, 5.41) is 12.6. The average molecular weight is 287 g/mol. The highest BCUT2D eigenvalue weighted by Crippen LogP contribution is 2.26. The molecule has 2 rings (SSSR count). The predicted molar refractivity (Wildman–Crippen MR) is 70.8 cm³/mol. The number of aliphatic carboxylic acids is 1. The van der Waals surface area contributed by atoms with Crippen LogP contribution in [0.25, 0.3) is 0 Å². The third-order valence-corrected chi connectivity index (χ3v) is 3.52. The molecule has 6 heteroatoms. The standard InChI is InChI=1S/C13H16ClFN2O2/c14-10-8-9(2-3-11(10)15)12(13(18)19)17-6-1-4-16-5-7-17/h2-3,8,12,16H,1,4-7H2,(H,18,19). The Morgan fingerprint density at radius 2 is 2.21 bits per heavy atom. The van der Waals surface area contributed by atoms with Gasteiger partial charge in [0.15, 0.2) is 0 Å². The van der Waals surface area contributed by atoms with E-state index in [1.54, 1.807) is 0 Å². The number of benzene rings is 1. The van der Waals surface area contributed by atoms with Gasteiger partial charge in [-0.3, -0.25) is 9.69 Å². The second-order valence-electron chi connectivity index (χ2n) is 4.55. The van der Waals surface area contributed by atoms with Gasteiger partial charge in [-0.05, 0) is 30.7 Å². The van der Waals surface area contributed by atoms with Crippen LogP contribution in [0.15, 0.2) is 18.2 Å². The molecule has 0 amide bonds. The minimum atomic E-state index is -0.940. The highest BCUT2D eigenvalue weighted by molar-refractivity contribution is 6.30. The van der Waals surface area contributed by atoms with Gasteiger partial charge in [-0.2, -0.15) is 0 Å². The van der Waals surface area contributed by atoms with E-state index in [0.717, 1.165) is 19.5 Å². The first kappa shape index (κ1) is 14.2. The minimum Gasteiger partial charge on any atom is -0.480 e. The molecular formula is C13H16ClFN2O2. The molecular weight excluding hydrogens is 271 g/mol. The van der Waals surface area contributed by atoms with Crippen LogP contribution in [0, 0.1) is 5.82 Å². The molecule has 1 heterocycles. The van der Waals surface area contributed by atoms with Crippen molar-refractivity contribution in [1.82, 2.24) is 10.2 Å². The number of nitrogens with one attached hydrogen (secondary N) is 1. The first-order valence-electron chi connectivity index (χ1n) is 6.22. The van der Waals surface area contributed by atoms with Crippen molar-refractivity contribution in [3.05, 3.63) is 34.6 Å². The first-order chi connectivity index (χ1) is 9.09. The SMILES string of the molecule is O=C(O)C(c1ccc(F)c(Cl)c1)N1CCCNCC1. The Labute approximate surface area is 116 Å². The Kier molecular flexibility index (Phi) is 4.74. The summed E-state index contributed by atoms with van der Waals surface area (Å²) < 4.78 is 13.2. The molecule has 1 aliphatic rings. The molecule has 1 unspecified atom stereocenters. The summed E-state index contributed by atoms with van der Waals surface area (Å²) in [5.41, 5.74) is 0.515. The quantitative estimate of drug-likeness (QED) is 0.891. The molecule has 0 radical (unpaired) electrons. The fourth-order valence-electron chi connectivity index (χ4n) is 2.32. The molecule has 0 aromatic heterocycles. The van der Waals surface area contributed by atoms with Crippen LogP contribution in [-0.2, 0) is 4.79 Å². The van der Waals surface area contributed by atoms with Gasteiger partial charge in [0, 0.05) is 19.6 Å². The van der Waals surface area contributed by atoms with Crippen LogP contribution in [0.1, 0.15) is 18.0 Å². The number of nitrogens with zero attached hydrogens (tertiary/aromatic N) is 1. The van der Waals surface area contributed by atoms with Gasteiger partial charge in [0.1, 0.15) is 11.9 Å². The molecule has 104 valence electrons. The van der Waals surface area contributed by atoms with Crippen molar-refractivity contribution < 1.29 is 14.3 Å². The van der Waals surface area contributed by atoms with Gasteiger partial charge in [0.2, 0.25) is 0 Å². The van der Waals surface area contributed by atoms with Crippen LogP contribution in [0.2, 0.25) is 5.02 Å². The van der Waals surface area contributed by atoms with Crippen molar-refractivity contribution in [3.8, 4) is 0 Å². The molecule has 1 aromatic carbocycles. The van der Waals surface area contributed by atoms with Gasteiger partial charge >= 0.3 is 5.97 Å². The Hall–Kier alpha value is -1.17. The van der Waals surface area contributed by atoms with Gasteiger partial charge in [0.25, 0.3) is 0 Å². The van der Waals surface area contributed by atoms with Gasteiger partial charge in [-0.1, -0.05) is 17.7 Å². The molecule has 19 heavy (non-hydrogen) atoms. The lowest BCUT2D eigenvalue weighted by Crippen LogP contribution is -2.36. The second kappa shape index (κ2) is 6.32. The lowest BCUT2D eigenvalue weighted by atomic mass is 10.0. The summed E-state index contributed by atoms with van der Waals surface area (Å²) in [5.74, 6) is -1.48. The van der Waals surface area contributed by atoms with Gasteiger partial charge in [0.05, 0.1) is 5.02 Å². The highest BCUT2D eigenvalue weighted by atomic mass is 35.5. The third-order valence-electron chi connectivity index (χ3n) is 3.23. The van der Waals surface area contributed by atoms with E-state index in [1.165, 1.54) is 18.2 Å². The normalized spacial score (nSPS) is 18.8. The lowest BCUT2D eigenvalue weighted by molar-refractivity contribution is -0.143. The summed E-state index contributed by atoms with van der Waals surface area (Å²) >= 11 is 5.73. The molecule has 1 atom stereocenters. The molecule has 0 bridgehead atoms. The first-order valence-corrected chi connectivity index (χ1v) is 6.60. The largest absolute Gasteiger partial charge is 0.480 e. The van der Waals surface area contributed by atoms with Crippen molar-refractivity contribution in [2.75, 3.05) is 26.2 Å². The summed E-state index contributed by atoms with van der Waals surface area (Å²) in [6.45, 7) is 2.97. The summed E-state index contributed by atoms with van der Waals surface area (Å²) in [6.07, 6.45) is 0.888. The molecule has 0 aliphatic carbocycles. The average Bonchev–Trinajstić information content (AvgIpc) is 2.62. The van der Waals surface area contributed by atoms with Gasteiger partial charge < -0.3 is 10.4 Å². The smallest absolute Gasteiger partial charge is 0.325 e. The Morgan fingerprint density at radius 3 is 2.89 bits per heavy atom. The second-order valence-corrected chi connectivity index (χ2v) is 4.96. The van der Waals surface area contributed by atoms with Crippen molar-refractivity contribution in [2.45, 2.75) is 12.5 Å². The highest BCUT2D eigenvalue weighted by Gasteiger charge is 2.28. The van der Waals surface area contributed by atoms with E-state index in [1.807, 2.05) is 4.90 Å². The van der Waals surface area contributed by atoms with Gasteiger partial charge in [-0.25, -0.2) is 4.39 Å². The van der Waals surface area contributed by atoms with Crippen LogP contribution >= 0.6 is 11.6 Å². The summed E-state index contributed by atoms with van der Waals surface area (Å²) in [4.78, 5) is 13.4. The van der Waals surface area contributed by atoms with E-state index in [2.05, 4.69) is 5.32 Å². The number of carboxylic acid groups (broad SMARTS) is 1. The van der Waals surface area contributed by atoms with E-state index in [0.29, 0.717) is 18.7 Å². The number of halogens is 2. The Bertz CT molecular complexity index is 462. The Morgan fingerprint density at radius 1 is 1.42 bits per heavy atom. The molecule has 1 aromatic rings. The molecule has 1 saturated heterocycles. The predicted octanol–water partition coefficient (Wildman–Crippen LogP) is 1.90. The van der Waals surface area contributed by atoms with Crippen LogP contribution in [0.5, 0.6) is 0 Å². The van der Waals surface area contributed by atoms with Crippen molar-refractivity contribution in [1.29, 1.82) is 0 Å². The van der Waals surface area contributed by atoms with E-state index in [9.17, 15) is 14.3 Å². The molecule has 0 saturated carbocycles. The number of hydrogen-bond donors (Lipinski definition) is 2. The van der Waals surface area contributed by atoms with E-state index in [4.69, 9.17) is 11.6 Å². The van der Waals surface area contributed by atoms with Crippen LogP contribution in [0.3, 0.4) is 0 Å². The fraction of sp³-hybridized carbons (Fsp3) is 0.462. The van der Waals surface area contributed by atoms with Crippen LogP contribution in [-0.4, -0.2) is 42.2 Å². The third kappa shape index (κ3) is 3.43. The molecule has 1 aliphatic heterocycles. The zero-order chi connectivity index (χ0) is 13.8. The minimum absolute atomic E-state index is 0.0447. The molecule has 1 fully saturated rings. The monoisotopic (exact) mass is 286 g/mol. The lowest BCUT2D eigenvalue weighted by Gasteiger charge is -2.27. The number of hydrogen-bond acceptors (Lipinski definition) is 3. The van der Waals surface area contributed by atoms with Crippen molar-refractivity contribution in [2.24, 2.45) is 0 Å². The summed E-state index contributed by atoms with van der Waals surface area (Å²) in [6, 6.07) is 3.31. The molecule has 0 spiro atoms. The number of rotatable bonds is 3. The van der Waals surface area contributed by atoms with E-state index >= 15 is 0 Å². The van der Waals surface area contributed by atoms with E-state index < -0.39 is 17.8 Å². The Balaban J connectivity index is 2.27. The van der Waals surface area contributed by atoms with Crippen molar-refractivity contribution in [3.63, 3.8) is 0 Å². The van der Waals surface area contributed by atoms with Gasteiger partial charge in [-0.15, -0.1) is 0 Å². The van der Waals surface area contributed by atoms with Crippen LogP contribution in [0.4, 0.5) is 4.39 Å². The zero-order valence-electron chi connectivity index (χ0n) is 10.4. The molecule has 4 nitrogen and oxygen atoms in total. The maximum Gasteiger partial charge on any atom is 0.325 e. The van der Waals surface area contributed by atoms with E-state index in [-0.39, 0.29) is 5.02 Å². The maximum atomic E-state index is 13.2. The topological polar surface area (TPSA) is 52.6 Å². The van der Waals surface area contributed by atoms with Crippen molar-refractivity contribution >= 4 is 17.6 Å². The molecule has 2 N–H and O–H groups in total. The summed E-state index contributed by atoms with van der Waals surface area (Å²) in [7, 11) is 0. The zero-order valence-corrected chi connectivity index (χ0v) is 11.2. The fourth-order valence-corrected chi connectivity index (χ4v) is 2.51. The number of carboxylic acids is 1. The number of carbonyl (C=O) groups is 1. The maximum absolute atomic E-state index is 13.2.